The first kappa shape index (κ1) is 22.0. The molecular weight excluding hydrogens is 467 g/mol. The molecule has 0 aliphatic carbocycles. The normalized spacial score (nSPS) is 23.7. The van der Waals surface area contributed by atoms with E-state index in [1.165, 1.54) is 0 Å². The van der Waals surface area contributed by atoms with Crippen LogP contribution in [0.5, 0.6) is 5.75 Å². The number of thioether (sulfide) groups is 1. The summed E-state index contributed by atoms with van der Waals surface area (Å²) in [6.45, 7) is -0.837. The molecular formula is C17H15Cl3N2O6S. The third-order valence-electron chi connectivity index (χ3n) is 4.09. The van der Waals surface area contributed by atoms with Crippen molar-refractivity contribution in [2.45, 2.75) is 21.3 Å². The van der Waals surface area contributed by atoms with Crippen LogP contribution in [-0.2, 0) is 23.9 Å². The lowest BCUT2D eigenvalue weighted by atomic mass is 10.0. The molecule has 0 bridgehead atoms. The quantitative estimate of drug-likeness (QED) is 0.283. The van der Waals surface area contributed by atoms with Gasteiger partial charge in [-0.15, -0.1) is 11.8 Å². The Morgan fingerprint density at radius 3 is 2.55 bits per heavy atom. The molecule has 1 aromatic carbocycles. The second kappa shape index (κ2) is 8.99. The van der Waals surface area contributed by atoms with Crippen molar-refractivity contribution in [3.63, 3.8) is 0 Å². The molecule has 29 heavy (non-hydrogen) atoms. The molecule has 2 amide bonds. The number of carbonyl (C=O) groups is 4. The Hall–Kier alpha value is -1.68. The van der Waals surface area contributed by atoms with Gasteiger partial charge in [-0.05, 0) is 12.1 Å². The molecule has 0 aromatic heterocycles. The molecule has 1 aromatic rings. The van der Waals surface area contributed by atoms with E-state index in [0.29, 0.717) is 5.75 Å². The zero-order valence-electron chi connectivity index (χ0n) is 14.7. The van der Waals surface area contributed by atoms with Crippen LogP contribution in [0.1, 0.15) is 0 Å². The van der Waals surface area contributed by atoms with Crippen LogP contribution in [0.2, 0.25) is 0 Å². The van der Waals surface area contributed by atoms with E-state index in [0.717, 1.165) is 16.7 Å². The molecule has 2 heterocycles. The van der Waals surface area contributed by atoms with Crippen molar-refractivity contribution in [1.29, 1.82) is 0 Å². The predicted octanol–water partition coefficient (Wildman–Crippen LogP) is 1.32. The highest BCUT2D eigenvalue weighted by atomic mass is 35.6. The number of esters is 1. The number of para-hydroxylation sites is 1. The summed E-state index contributed by atoms with van der Waals surface area (Å²) in [5, 5.41) is 1.99. The van der Waals surface area contributed by atoms with Gasteiger partial charge in [-0.25, -0.2) is 4.79 Å². The average Bonchev–Trinajstić information content (AvgIpc) is 2.68. The van der Waals surface area contributed by atoms with Gasteiger partial charge in [0.1, 0.15) is 23.8 Å². The van der Waals surface area contributed by atoms with Gasteiger partial charge in [0.05, 0.1) is 5.75 Å². The lowest BCUT2D eigenvalue weighted by molar-refractivity contribution is -0.168. The van der Waals surface area contributed by atoms with Crippen LogP contribution in [0.3, 0.4) is 0 Å². The Labute approximate surface area is 185 Å². The number of hydrogen-bond acceptors (Lipinski definition) is 7. The van der Waals surface area contributed by atoms with E-state index in [4.69, 9.17) is 44.3 Å². The number of alkyl halides is 3. The molecule has 2 unspecified atom stereocenters. The van der Waals surface area contributed by atoms with Gasteiger partial charge in [-0.1, -0.05) is 53.0 Å². The number of Topliss-reactive ketones (excluding diaryl/α,β-unsaturated/α-hetero) is 1. The second-order valence-electron chi connectivity index (χ2n) is 6.19. The van der Waals surface area contributed by atoms with E-state index in [1.807, 2.05) is 6.07 Å². The van der Waals surface area contributed by atoms with Crippen LogP contribution in [0, 0.1) is 0 Å². The summed E-state index contributed by atoms with van der Waals surface area (Å²) in [5.74, 6) is -2.05. The SMILES string of the molecule is O=C(COc1ccccc1)NC1C(=O)N2C(C(=O)OCC(Cl)(Cl)Cl)C(=O)CS[C@H]12. The maximum absolute atomic E-state index is 12.5. The lowest BCUT2D eigenvalue weighted by Gasteiger charge is -2.51. The van der Waals surface area contributed by atoms with Crippen LogP contribution in [0.15, 0.2) is 30.3 Å². The fourth-order valence-corrected chi connectivity index (χ4v) is 4.25. The molecule has 1 N–H and O–H groups in total. The summed E-state index contributed by atoms with van der Waals surface area (Å²) in [6, 6.07) is 6.43. The zero-order chi connectivity index (χ0) is 21.2. The van der Waals surface area contributed by atoms with Gasteiger partial charge in [-0.3, -0.25) is 14.4 Å². The minimum Gasteiger partial charge on any atom is -0.484 e. The summed E-state index contributed by atoms with van der Waals surface area (Å²) in [5.41, 5.74) is 0. The maximum Gasteiger partial charge on any atom is 0.336 e. The molecule has 12 heteroatoms. The number of ether oxygens (including phenoxy) is 2. The van der Waals surface area contributed by atoms with Gasteiger partial charge >= 0.3 is 5.97 Å². The Kier molecular flexibility index (Phi) is 6.83. The number of halogens is 3. The number of nitrogens with one attached hydrogen (secondary N) is 1. The highest BCUT2D eigenvalue weighted by Crippen LogP contribution is 2.37. The van der Waals surface area contributed by atoms with Crippen LogP contribution < -0.4 is 10.1 Å². The van der Waals surface area contributed by atoms with Crippen LogP contribution in [-0.4, -0.2) is 68.7 Å². The van der Waals surface area contributed by atoms with E-state index in [9.17, 15) is 19.2 Å². The van der Waals surface area contributed by atoms with Crippen LogP contribution in [0.4, 0.5) is 0 Å². The Morgan fingerprint density at radius 1 is 1.21 bits per heavy atom. The molecule has 0 radical (unpaired) electrons. The van der Waals surface area contributed by atoms with E-state index >= 15 is 0 Å². The largest absolute Gasteiger partial charge is 0.484 e. The predicted molar refractivity (Wildman–Crippen MR) is 107 cm³/mol. The van der Waals surface area contributed by atoms with Gasteiger partial charge < -0.3 is 19.7 Å². The smallest absolute Gasteiger partial charge is 0.336 e. The Balaban J connectivity index is 1.57. The molecule has 8 nitrogen and oxygen atoms in total. The van der Waals surface area contributed by atoms with E-state index in [1.54, 1.807) is 24.3 Å². The number of nitrogens with zero attached hydrogens (tertiary/aromatic N) is 1. The van der Waals surface area contributed by atoms with E-state index in [-0.39, 0.29) is 12.4 Å². The molecule has 3 atom stereocenters. The number of rotatable bonds is 6. The van der Waals surface area contributed by atoms with Gasteiger partial charge in [0.25, 0.3) is 5.91 Å². The first-order chi connectivity index (χ1) is 13.7. The standard InChI is InChI=1S/C17H15Cl3N2O6S/c18-17(19,20)8-28-16(26)13-10(23)7-29-15-12(14(25)22(13)15)21-11(24)6-27-9-4-2-1-3-5-9/h1-5,12-13,15H,6-8H2,(H,21,24)/t12?,13?,15-/m1/s1. The Bertz CT molecular complexity index is 819. The van der Waals surface area contributed by atoms with Crippen molar-refractivity contribution >= 4 is 70.1 Å². The molecule has 2 aliphatic rings. The van der Waals surface area contributed by atoms with Crippen molar-refractivity contribution in [2.75, 3.05) is 19.0 Å². The van der Waals surface area contributed by atoms with Crippen LogP contribution >= 0.6 is 46.6 Å². The summed E-state index contributed by atoms with van der Waals surface area (Å²) in [4.78, 5) is 50.1. The molecule has 0 saturated carbocycles. The molecule has 2 saturated heterocycles. The maximum atomic E-state index is 12.5. The summed E-state index contributed by atoms with van der Waals surface area (Å²) >= 11 is 17.8. The van der Waals surface area contributed by atoms with E-state index < -0.39 is 51.4 Å². The van der Waals surface area contributed by atoms with Gasteiger partial charge in [0, 0.05) is 0 Å². The number of fused-ring (bicyclic) bond motifs is 1. The number of ketones is 1. The summed E-state index contributed by atoms with van der Waals surface area (Å²) in [6.07, 6.45) is 0. The Morgan fingerprint density at radius 2 is 1.90 bits per heavy atom. The van der Waals surface area contributed by atoms with Crippen molar-refractivity contribution in [3.05, 3.63) is 30.3 Å². The molecule has 0 spiro atoms. The number of hydrogen-bond donors (Lipinski definition) is 1. The van der Waals surface area contributed by atoms with Crippen molar-refractivity contribution in [2.24, 2.45) is 0 Å². The number of amides is 2. The third kappa shape index (κ3) is 5.28. The monoisotopic (exact) mass is 480 g/mol. The summed E-state index contributed by atoms with van der Waals surface area (Å²) < 4.78 is 8.36. The first-order valence-corrected chi connectivity index (χ1v) is 10.5. The highest BCUT2D eigenvalue weighted by Gasteiger charge is 2.58. The van der Waals surface area contributed by atoms with Gasteiger partial charge in [0.2, 0.25) is 9.70 Å². The highest BCUT2D eigenvalue weighted by molar-refractivity contribution is 8.00. The van der Waals surface area contributed by atoms with E-state index in [2.05, 4.69) is 5.32 Å². The van der Waals surface area contributed by atoms with Crippen molar-refractivity contribution in [3.8, 4) is 5.75 Å². The van der Waals surface area contributed by atoms with Crippen LogP contribution in [0.25, 0.3) is 0 Å². The zero-order valence-corrected chi connectivity index (χ0v) is 17.8. The third-order valence-corrected chi connectivity index (χ3v) is 5.71. The van der Waals surface area contributed by atoms with Gasteiger partial charge in [-0.2, -0.15) is 0 Å². The number of carbonyl (C=O) groups excluding carboxylic acids is 4. The fraction of sp³-hybridized carbons (Fsp3) is 0.412. The minimum atomic E-state index is -1.84. The molecule has 2 aliphatic heterocycles. The van der Waals surface area contributed by atoms with Crippen molar-refractivity contribution < 1.29 is 28.7 Å². The first-order valence-electron chi connectivity index (χ1n) is 8.34. The topological polar surface area (TPSA) is 102 Å². The van der Waals surface area contributed by atoms with Gasteiger partial charge in [0.15, 0.2) is 18.4 Å². The lowest BCUT2D eigenvalue weighted by Crippen LogP contribution is -2.76. The number of benzene rings is 1. The van der Waals surface area contributed by atoms with Crippen molar-refractivity contribution in [1.82, 2.24) is 10.2 Å². The second-order valence-corrected chi connectivity index (χ2v) is 9.81. The average molecular weight is 482 g/mol. The molecule has 3 rings (SSSR count). The molecule has 2 fully saturated rings. The minimum absolute atomic E-state index is 0.0190. The summed E-state index contributed by atoms with van der Waals surface area (Å²) in [7, 11) is 0. The molecule has 156 valence electrons. The fourth-order valence-electron chi connectivity index (χ4n) is 2.83. The number of β-lactam (4-membered cyclic amide) rings is 1.